The molecule has 1 N–H and O–H groups in total. The fourth-order valence-electron chi connectivity index (χ4n) is 3.49. The van der Waals surface area contributed by atoms with Crippen LogP contribution in [0.2, 0.25) is 0 Å². The van der Waals surface area contributed by atoms with Crippen LogP contribution < -0.4 is 5.32 Å². The molecule has 2 aromatic rings. The average Bonchev–Trinajstić information content (AvgIpc) is 3.25. The van der Waals surface area contributed by atoms with Crippen LogP contribution in [0, 0.1) is 11.7 Å². The summed E-state index contributed by atoms with van der Waals surface area (Å²) >= 11 is 0. The molecule has 0 spiro atoms. The minimum Gasteiger partial charge on any atom is -0.351 e. The minimum atomic E-state index is -0.491. The lowest BCUT2D eigenvalue weighted by Gasteiger charge is -2.22. The van der Waals surface area contributed by atoms with Crippen molar-refractivity contribution < 1.29 is 14.0 Å². The van der Waals surface area contributed by atoms with Crippen LogP contribution in [0.4, 0.5) is 4.39 Å². The number of hydrogen-bond donors (Lipinski definition) is 1. The Hall–Kier alpha value is -2.50. The SMILES string of the molecule is C[C@H](CC(=O)N[C@H]1CCC[C@@H]1n1ccnc1)C(=O)c1cccc(F)c1. The molecule has 0 unspecified atom stereocenters. The van der Waals surface area contributed by atoms with Crippen LogP contribution in [0.5, 0.6) is 0 Å². The molecule has 1 aliphatic carbocycles. The van der Waals surface area contributed by atoms with Crippen molar-refractivity contribution in [3.63, 3.8) is 0 Å². The van der Waals surface area contributed by atoms with Crippen molar-refractivity contribution in [2.75, 3.05) is 0 Å². The fourth-order valence-corrected chi connectivity index (χ4v) is 3.49. The Morgan fingerprint density at radius 2 is 2.24 bits per heavy atom. The first-order chi connectivity index (χ1) is 12.0. The molecule has 0 radical (unpaired) electrons. The second kappa shape index (κ2) is 7.59. The molecule has 3 atom stereocenters. The first-order valence-electron chi connectivity index (χ1n) is 8.61. The minimum absolute atomic E-state index is 0.0539. The van der Waals surface area contributed by atoms with Gasteiger partial charge in [0.2, 0.25) is 5.91 Å². The smallest absolute Gasteiger partial charge is 0.221 e. The molecule has 1 aliphatic rings. The third kappa shape index (κ3) is 4.13. The maximum absolute atomic E-state index is 13.3. The topological polar surface area (TPSA) is 64.0 Å². The van der Waals surface area contributed by atoms with E-state index in [9.17, 15) is 14.0 Å². The highest BCUT2D eigenvalue weighted by Gasteiger charge is 2.30. The van der Waals surface area contributed by atoms with Crippen molar-refractivity contribution in [2.24, 2.45) is 5.92 Å². The largest absolute Gasteiger partial charge is 0.351 e. The van der Waals surface area contributed by atoms with Crippen molar-refractivity contribution in [1.82, 2.24) is 14.9 Å². The monoisotopic (exact) mass is 343 g/mol. The lowest BCUT2D eigenvalue weighted by molar-refractivity contribution is -0.122. The second-order valence-corrected chi connectivity index (χ2v) is 6.66. The number of aromatic nitrogens is 2. The molecule has 0 bridgehead atoms. The molecule has 1 aromatic carbocycles. The van der Waals surface area contributed by atoms with Gasteiger partial charge in [-0.15, -0.1) is 0 Å². The number of carbonyl (C=O) groups excluding carboxylic acids is 2. The van der Waals surface area contributed by atoms with E-state index in [2.05, 4.69) is 10.3 Å². The van der Waals surface area contributed by atoms with E-state index in [1.54, 1.807) is 25.5 Å². The Bertz CT molecular complexity index is 745. The van der Waals surface area contributed by atoms with Gasteiger partial charge in [0.25, 0.3) is 0 Å². The standard InChI is InChI=1S/C19H22FN3O2/c1-13(19(25)14-4-2-5-15(20)11-14)10-18(24)22-16-6-3-7-17(16)23-9-8-21-12-23/h2,4-5,8-9,11-13,16-17H,3,6-7,10H2,1H3,(H,22,24)/t13-,16+,17+/m1/s1. The maximum atomic E-state index is 13.3. The predicted octanol–water partition coefficient (Wildman–Crippen LogP) is 3.14. The summed E-state index contributed by atoms with van der Waals surface area (Å²) in [6.45, 7) is 1.70. The first-order valence-corrected chi connectivity index (χ1v) is 8.61. The highest BCUT2D eigenvalue weighted by molar-refractivity contribution is 5.99. The van der Waals surface area contributed by atoms with E-state index in [0.29, 0.717) is 5.56 Å². The molecule has 5 nitrogen and oxygen atoms in total. The Labute approximate surface area is 146 Å². The lowest BCUT2D eigenvalue weighted by atomic mass is 9.96. The van der Waals surface area contributed by atoms with Crippen LogP contribution in [0.1, 0.15) is 49.0 Å². The van der Waals surface area contributed by atoms with Crippen molar-refractivity contribution in [3.8, 4) is 0 Å². The maximum Gasteiger partial charge on any atom is 0.221 e. The zero-order chi connectivity index (χ0) is 17.8. The summed E-state index contributed by atoms with van der Waals surface area (Å²) in [5.74, 6) is -1.30. The van der Waals surface area contributed by atoms with E-state index in [1.807, 2.05) is 10.8 Å². The van der Waals surface area contributed by atoms with Gasteiger partial charge in [0, 0.05) is 36.3 Å². The summed E-state index contributed by atoms with van der Waals surface area (Å²) in [4.78, 5) is 28.8. The molecule has 0 aliphatic heterocycles. The van der Waals surface area contributed by atoms with Crippen molar-refractivity contribution >= 4 is 11.7 Å². The summed E-state index contributed by atoms with van der Waals surface area (Å²) in [6.07, 6.45) is 8.47. The highest BCUT2D eigenvalue weighted by atomic mass is 19.1. The molecule has 1 fully saturated rings. The van der Waals surface area contributed by atoms with Gasteiger partial charge in [-0.25, -0.2) is 9.37 Å². The number of hydrogen-bond acceptors (Lipinski definition) is 3. The summed E-state index contributed by atoms with van der Waals surface area (Å²) in [5, 5.41) is 3.05. The molecule has 0 saturated heterocycles. The van der Waals surface area contributed by atoms with E-state index >= 15 is 0 Å². The third-order valence-electron chi connectivity index (χ3n) is 4.78. The van der Waals surface area contributed by atoms with Crippen molar-refractivity contribution in [2.45, 2.75) is 44.7 Å². The van der Waals surface area contributed by atoms with Crippen LogP contribution in [-0.2, 0) is 4.79 Å². The average molecular weight is 343 g/mol. The van der Waals surface area contributed by atoms with E-state index in [4.69, 9.17) is 0 Å². The number of rotatable bonds is 6. The zero-order valence-corrected chi connectivity index (χ0v) is 14.2. The Kier molecular flexibility index (Phi) is 5.26. The molecule has 1 amide bonds. The number of nitrogens with one attached hydrogen (secondary N) is 1. The van der Waals surface area contributed by atoms with E-state index in [1.165, 1.54) is 18.2 Å². The number of halogens is 1. The Balaban J connectivity index is 1.57. The number of imidazole rings is 1. The quantitative estimate of drug-likeness (QED) is 0.820. The Morgan fingerprint density at radius 3 is 2.96 bits per heavy atom. The normalized spacial score (nSPS) is 21.0. The molecule has 132 valence electrons. The lowest BCUT2D eigenvalue weighted by Crippen LogP contribution is -2.39. The molecule has 1 aromatic heterocycles. The van der Waals surface area contributed by atoms with Crippen LogP contribution in [0.25, 0.3) is 0 Å². The number of ketones is 1. The molecule has 1 saturated carbocycles. The first kappa shape index (κ1) is 17.3. The van der Waals surface area contributed by atoms with Gasteiger partial charge in [-0.3, -0.25) is 9.59 Å². The summed E-state index contributed by atoms with van der Waals surface area (Å²) in [7, 11) is 0. The number of carbonyl (C=O) groups is 2. The van der Waals surface area contributed by atoms with Crippen LogP contribution >= 0.6 is 0 Å². The number of amides is 1. The van der Waals surface area contributed by atoms with E-state index in [-0.39, 0.29) is 30.2 Å². The van der Waals surface area contributed by atoms with Crippen LogP contribution in [0.15, 0.2) is 43.0 Å². The predicted molar refractivity (Wildman–Crippen MR) is 91.6 cm³/mol. The molecule has 1 heterocycles. The van der Waals surface area contributed by atoms with Crippen molar-refractivity contribution in [3.05, 3.63) is 54.4 Å². The molecular weight excluding hydrogens is 321 g/mol. The summed E-state index contributed by atoms with van der Waals surface area (Å²) in [6, 6.07) is 5.85. The third-order valence-corrected chi connectivity index (χ3v) is 4.78. The molecule has 3 rings (SSSR count). The Morgan fingerprint density at radius 1 is 1.40 bits per heavy atom. The molecule has 25 heavy (non-hydrogen) atoms. The fraction of sp³-hybridized carbons (Fsp3) is 0.421. The number of benzene rings is 1. The van der Waals surface area contributed by atoms with Gasteiger partial charge < -0.3 is 9.88 Å². The second-order valence-electron chi connectivity index (χ2n) is 6.66. The van der Waals surface area contributed by atoms with Gasteiger partial charge >= 0.3 is 0 Å². The van der Waals surface area contributed by atoms with Gasteiger partial charge in [-0.1, -0.05) is 19.1 Å². The zero-order valence-electron chi connectivity index (χ0n) is 14.2. The van der Waals surface area contributed by atoms with Crippen molar-refractivity contribution in [1.29, 1.82) is 0 Å². The summed E-state index contributed by atoms with van der Waals surface area (Å²) in [5.41, 5.74) is 0.303. The molecule has 6 heteroatoms. The number of Topliss-reactive ketones (excluding diaryl/α,β-unsaturated/α-hetero) is 1. The van der Waals surface area contributed by atoms with E-state index < -0.39 is 11.7 Å². The van der Waals surface area contributed by atoms with Gasteiger partial charge in [0.15, 0.2) is 5.78 Å². The highest BCUT2D eigenvalue weighted by Crippen LogP contribution is 2.30. The number of nitrogens with zero attached hydrogens (tertiary/aromatic N) is 2. The van der Waals surface area contributed by atoms with Gasteiger partial charge in [0.1, 0.15) is 5.82 Å². The summed E-state index contributed by atoms with van der Waals surface area (Å²) < 4.78 is 15.3. The molecular formula is C19H22FN3O2. The van der Waals surface area contributed by atoms with E-state index in [0.717, 1.165) is 19.3 Å². The van der Waals surface area contributed by atoms with Gasteiger partial charge in [-0.05, 0) is 31.4 Å². The van der Waals surface area contributed by atoms with Gasteiger partial charge in [-0.2, -0.15) is 0 Å². The van der Waals surface area contributed by atoms with Gasteiger partial charge in [0.05, 0.1) is 12.4 Å². The van der Waals surface area contributed by atoms with Crippen LogP contribution in [0.3, 0.4) is 0 Å². The van der Waals surface area contributed by atoms with Crippen LogP contribution in [-0.4, -0.2) is 27.3 Å².